The van der Waals surface area contributed by atoms with Crippen LogP contribution < -0.4 is 19.7 Å². The van der Waals surface area contributed by atoms with Gasteiger partial charge in [0.05, 0.1) is 0 Å². The second kappa shape index (κ2) is 10.7. The zero-order valence-corrected chi connectivity index (χ0v) is 16.6. The number of hydrogen-bond acceptors (Lipinski definition) is 4. The van der Waals surface area contributed by atoms with E-state index in [9.17, 15) is 22.4 Å². The molecule has 2 aromatic carbocycles. The van der Waals surface area contributed by atoms with E-state index in [1.807, 2.05) is 24.3 Å². The van der Waals surface area contributed by atoms with Crippen molar-refractivity contribution in [3.63, 3.8) is 0 Å². The summed E-state index contributed by atoms with van der Waals surface area (Å²) in [5.41, 5.74) is 2.17. The lowest BCUT2D eigenvalue weighted by Gasteiger charge is -2.21. The van der Waals surface area contributed by atoms with Crippen LogP contribution in [0.2, 0.25) is 0 Å². The zero-order chi connectivity index (χ0) is 22.2. The summed E-state index contributed by atoms with van der Waals surface area (Å²) in [7, 11) is 0. The average Bonchev–Trinajstić information content (AvgIpc) is 3.26. The predicted molar refractivity (Wildman–Crippen MR) is 108 cm³/mol. The van der Waals surface area contributed by atoms with Gasteiger partial charge in [-0.05, 0) is 42.7 Å². The van der Waals surface area contributed by atoms with Crippen molar-refractivity contribution >= 4 is 17.7 Å². The normalized spacial score (nSPS) is 13.9. The Labute approximate surface area is 177 Å². The van der Waals surface area contributed by atoms with E-state index < -0.39 is 19.1 Å². The van der Waals surface area contributed by atoms with Crippen LogP contribution in [0.5, 0.6) is 11.5 Å². The molecule has 0 bridgehead atoms. The molecule has 0 spiro atoms. The van der Waals surface area contributed by atoms with Gasteiger partial charge in [0.15, 0.2) is 0 Å². The van der Waals surface area contributed by atoms with Crippen molar-refractivity contribution in [2.24, 2.45) is 0 Å². The molecule has 166 valence electrons. The van der Waals surface area contributed by atoms with Crippen LogP contribution in [-0.4, -0.2) is 32.2 Å². The summed E-state index contributed by atoms with van der Waals surface area (Å²) >= 11 is 0. The standard InChI is InChI=1S/C22H22F4N2O3/c23-21(24)30-17-9-7-15(19(13-17)31-22(25)26)8-10-20(29)27-14-16-5-1-2-6-18(16)28-11-3-4-12-28/h1-2,5-10,13,21-22H,3-4,11-12,14H2,(H,27,29). The van der Waals surface area contributed by atoms with E-state index in [2.05, 4.69) is 19.7 Å². The van der Waals surface area contributed by atoms with Crippen molar-refractivity contribution < 1.29 is 31.8 Å². The van der Waals surface area contributed by atoms with Gasteiger partial charge in [0.1, 0.15) is 11.5 Å². The lowest BCUT2D eigenvalue weighted by atomic mass is 10.1. The Balaban J connectivity index is 1.66. The molecule has 5 nitrogen and oxygen atoms in total. The van der Waals surface area contributed by atoms with Crippen LogP contribution in [0.1, 0.15) is 24.0 Å². The molecule has 31 heavy (non-hydrogen) atoms. The summed E-state index contributed by atoms with van der Waals surface area (Å²) in [6.45, 7) is -4.01. The number of ether oxygens (including phenoxy) is 2. The quantitative estimate of drug-likeness (QED) is 0.451. The molecule has 9 heteroatoms. The third kappa shape index (κ3) is 6.63. The molecule has 0 radical (unpaired) electrons. The molecule has 1 saturated heterocycles. The van der Waals surface area contributed by atoms with E-state index in [4.69, 9.17) is 0 Å². The number of amides is 1. The highest BCUT2D eigenvalue weighted by Crippen LogP contribution is 2.28. The molecule has 1 fully saturated rings. The van der Waals surface area contributed by atoms with E-state index in [0.29, 0.717) is 6.54 Å². The van der Waals surface area contributed by atoms with Crippen molar-refractivity contribution in [1.82, 2.24) is 5.32 Å². The molecule has 1 aliphatic heterocycles. The van der Waals surface area contributed by atoms with Crippen LogP contribution in [0.25, 0.3) is 6.08 Å². The highest BCUT2D eigenvalue weighted by atomic mass is 19.3. The minimum Gasteiger partial charge on any atom is -0.435 e. The van der Waals surface area contributed by atoms with Crippen molar-refractivity contribution in [3.05, 3.63) is 59.7 Å². The topological polar surface area (TPSA) is 50.8 Å². The molecule has 1 N–H and O–H groups in total. The van der Waals surface area contributed by atoms with Gasteiger partial charge in [-0.1, -0.05) is 18.2 Å². The second-order valence-corrected chi connectivity index (χ2v) is 6.83. The van der Waals surface area contributed by atoms with Gasteiger partial charge in [0.25, 0.3) is 0 Å². The fourth-order valence-corrected chi connectivity index (χ4v) is 3.36. The number of para-hydroxylation sites is 1. The Hall–Kier alpha value is -3.23. The summed E-state index contributed by atoms with van der Waals surface area (Å²) in [6.07, 6.45) is 4.70. The third-order valence-electron chi connectivity index (χ3n) is 4.73. The summed E-state index contributed by atoms with van der Waals surface area (Å²) in [5, 5.41) is 2.77. The lowest BCUT2D eigenvalue weighted by Crippen LogP contribution is -2.24. The number of nitrogens with zero attached hydrogens (tertiary/aromatic N) is 1. The number of carbonyl (C=O) groups is 1. The van der Waals surface area contributed by atoms with E-state index >= 15 is 0 Å². The van der Waals surface area contributed by atoms with Crippen molar-refractivity contribution in [2.45, 2.75) is 32.6 Å². The Morgan fingerprint density at radius 2 is 1.74 bits per heavy atom. The number of hydrogen-bond donors (Lipinski definition) is 1. The predicted octanol–water partition coefficient (Wildman–Crippen LogP) is 4.82. The first kappa shape index (κ1) is 22.5. The molecule has 0 aliphatic carbocycles. The van der Waals surface area contributed by atoms with Gasteiger partial charge in [0, 0.05) is 43.0 Å². The maximum Gasteiger partial charge on any atom is 0.387 e. The monoisotopic (exact) mass is 438 g/mol. The SMILES string of the molecule is O=C(C=Cc1ccc(OC(F)F)cc1OC(F)F)NCc1ccccc1N1CCCC1. The minimum atomic E-state index is -3.16. The van der Waals surface area contributed by atoms with Gasteiger partial charge in [-0.15, -0.1) is 0 Å². The zero-order valence-electron chi connectivity index (χ0n) is 16.6. The maximum atomic E-state index is 12.6. The minimum absolute atomic E-state index is 0.120. The summed E-state index contributed by atoms with van der Waals surface area (Å²) < 4.78 is 58.5. The van der Waals surface area contributed by atoms with Crippen LogP contribution in [0.15, 0.2) is 48.5 Å². The molecule has 3 rings (SSSR count). The molecule has 1 aliphatic rings. The fraction of sp³-hybridized carbons (Fsp3) is 0.318. The highest BCUT2D eigenvalue weighted by Gasteiger charge is 2.16. The first-order valence-corrected chi connectivity index (χ1v) is 9.75. The van der Waals surface area contributed by atoms with Crippen molar-refractivity contribution in [1.29, 1.82) is 0 Å². The molecule has 2 aromatic rings. The van der Waals surface area contributed by atoms with E-state index in [1.165, 1.54) is 24.3 Å². The third-order valence-corrected chi connectivity index (χ3v) is 4.73. The number of carbonyl (C=O) groups excluding carboxylic acids is 1. The summed E-state index contributed by atoms with van der Waals surface area (Å²) in [5.74, 6) is -1.14. The van der Waals surface area contributed by atoms with Crippen molar-refractivity contribution in [3.8, 4) is 11.5 Å². The Morgan fingerprint density at radius 3 is 2.45 bits per heavy atom. The molecule has 1 amide bonds. The molecular weight excluding hydrogens is 416 g/mol. The van der Waals surface area contributed by atoms with Crippen LogP contribution in [0.3, 0.4) is 0 Å². The van der Waals surface area contributed by atoms with E-state index in [-0.39, 0.29) is 17.1 Å². The van der Waals surface area contributed by atoms with Gasteiger partial charge in [-0.3, -0.25) is 4.79 Å². The van der Waals surface area contributed by atoms with E-state index in [0.717, 1.165) is 43.2 Å². The number of anilines is 1. The smallest absolute Gasteiger partial charge is 0.387 e. The molecule has 0 aromatic heterocycles. The number of alkyl halides is 4. The number of nitrogens with one attached hydrogen (secondary N) is 1. The Kier molecular flexibility index (Phi) is 7.75. The second-order valence-electron chi connectivity index (χ2n) is 6.83. The fourth-order valence-electron chi connectivity index (χ4n) is 3.36. The lowest BCUT2D eigenvalue weighted by molar-refractivity contribution is -0.116. The van der Waals surface area contributed by atoms with Gasteiger partial charge >= 0.3 is 13.2 Å². The number of halogens is 4. The van der Waals surface area contributed by atoms with Gasteiger partial charge in [-0.25, -0.2) is 0 Å². The first-order valence-electron chi connectivity index (χ1n) is 9.75. The van der Waals surface area contributed by atoms with Crippen LogP contribution in [-0.2, 0) is 11.3 Å². The highest BCUT2D eigenvalue weighted by molar-refractivity contribution is 5.92. The van der Waals surface area contributed by atoms with Crippen molar-refractivity contribution in [2.75, 3.05) is 18.0 Å². The van der Waals surface area contributed by atoms with E-state index in [1.54, 1.807) is 0 Å². The van der Waals surface area contributed by atoms with Gasteiger partial charge < -0.3 is 19.7 Å². The average molecular weight is 438 g/mol. The van der Waals surface area contributed by atoms with Gasteiger partial charge in [-0.2, -0.15) is 17.6 Å². The maximum absolute atomic E-state index is 12.6. The summed E-state index contributed by atoms with van der Waals surface area (Å²) in [6, 6.07) is 11.1. The largest absolute Gasteiger partial charge is 0.435 e. The van der Waals surface area contributed by atoms with Gasteiger partial charge in [0.2, 0.25) is 5.91 Å². The molecular formula is C22H22F4N2O3. The number of benzene rings is 2. The number of rotatable bonds is 9. The molecule has 1 heterocycles. The van der Waals surface area contributed by atoms with Crippen LogP contribution in [0, 0.1) is 0 Å². The molecule has 0 atom stereocenters. The first-order chi connectivity index (χ1) is 14.9. The van der Waals surface area contributed by atoms with Crippen LogP contribution in [0.4, 0.5) is 23.2 Å². The molecule has 0 saturated carbocycles. The Bertz CT molecular complexity index is 915. The van der Waals surface area contributed by atoms with Crippen LogP contribution >= 0.6 is 0 Å². The molecule has 0 unspecified atom stereocenters. The Morgan fingerprint density at radius 1 is 1.03 bits per heavy atom. The summed E-state index contributed by atoms with van der Waals surface area (Å²) in [4.78, 5) is 14.5.